The molecule has 158 valence electrons. The monoisotopic (exact) mass is 449 g/mol. The number of allylic oxidation sites excluding steroid dienone is 1. The summed E-state index contributed by atoms with van der Waals surface area (Å²) in [5, 5.41) is 10.3. The summed E-state index contributed by atoms with van der Waals surface area (Å²) in [6.07, 6.45) is 1.81. The number of fused-ring (bicyclic) bond motifs is 1. The molecule has 4 rings (SSSR count). The minimum atomic E-state index is -0.101. The topological polar surface area (TPSA) is 63.9 Å². The van der Waals surface area contributed by atoms with Crippen LogP contribution in [0.4, 0.5) is 0 Å². The fourth-order valence-corrected chi connectivity index (χ4v) is 5.10. The minimum absolute atomic E-state index is 0.0196. The predicted octanol–water partition coefficient (Wildman–Crippen LogP) is 5.05. The highest BCUT2D eigenvalue weighted by molar-refractivity contribution is 7.99. The average molecular weight is 450 g/mol. The summed E-state index contributed by atoms with van der Waals surface area (Å²) in [5.41, 5.74) is 1.95. The molecule has 2 aromatic carbocycles. The van der Waals surface area contributed by atoms with E-state index in [1.54, 1.807) is 16.2 Å². The molecule has 2 heterocycles. The van der Waals surface area contributed by atoms with E-state index in [2.05, 4.69) is 22.8 Å². The number of hydrogen-bond acceptors (Lipinski definition) is 6. The summed E-state index contributed by atoms with van der Waals surface area (Å²) in [6, 6.07) is 17.8. The van der Waals surface area contributed by atoms with Crippen molar-refractivity contribution in [1.29, 1.82) is 0 Å². The Morgan fingerprint density at radius 2 is 1.94 bits per heavy atom. The molecule has 1 atom stereocenters. The lowest BCUT2D eigenvalue weighted by molar-refractivity contribution is -0.128. The van der Waals surface area contributed by atoms with Gasteiger partial charge < -0.3 is 4.90 Å². The van der Waals surface area contributed by atoms with Gasteiger partial charge in [-0.25, -0.2) is 4.98 Å². The molecule has 8 heteroatoms. The first-order chi connectivity index (χ1) is 15.1. The molecule has 0 saturated carbocycles. The number of benzene rings is 2. The summed E-state index contributed by atoms with van der Waals surface area (Å²) >= 11 is 3.02. The molecule has 0 aliphatic rings. The molecule has 1 unspecified atom stereocenters. The number of hydrogen-bond donors (Lipinski definition) is 0. The van der Waals surface area contributed by atoms with Crippen LogP contribution in [0.5, 0.6) is 0 Å². The molecule has 31 heavy (non-hydrogen) atoms. The second kappa shape index (κ2) is 9.45. The lowest BCUT2D eigenvalue weighted by Crippen LogP contribution is -2.31. The number of aromatic nitrogens is 4. The number of carbonyl (C=O) groups excluding carboxylic acids is 1. The van der Waals surface area contributed by atoms with E-state index >= 15 is 0 Å². The van der Waals surface area contributed by atoms with Crippen LogP contribution < -0.4 is 0 Å². The number of para-hydroxylation sites is 1. The van der Waals surface area contributed by atoms with Gasteiger partial charge in [0, 0.05) is 19.2 Å². The van der Waals surface area contributed by atoms with Crippen LogP contribution in [0.3, 0.4) is 0 Å². The Morgan fingerprint density at radius 3 is 2.68 bits per heavy atom. The van der Waals surface area contributed by atoms with Crippen molar-refractivity contribution in [3.05, 3.63) is 72.3 Å². The molecule has 0 bridgehead atoms. The van der Waals surface area contributed by atoms with Crippen LogP contribution in [0, 0.1) is 0 Å². The molecular weight excluding hydrogens is 426 g/mol. The average Bonchev–Trinajstić information content (AvgIpc) is 3.41. The van der Waals surface area contributed by atoms with Gasteiger partial charge >= 0.3 is 0 Å². The highest BCUT2D eigenvalue weighted by Crippen LogP contribution is 2.30. The van der Waals surface area contributed by atoms with Crippen molar-refractivity contribution >= 4 is 39.2 Å². The van der Waals surface area contributed by atoms with E-state index in [4.69, 9.17) is 4.98 Å². The second-order valence-electron chi connectivity index (χ2n) is 7.06. The van der Waals surface area contributed by atoms with Gasteiger partial charge in [0.1, 0.15) is 5.01 Å². The van der Waals surface area contributed by atoms with Gasteiger partial charge in [-0.15, -0.1) is 28.1 Å². The van der Waals surface area contributed by atoms with Crippen molar-refractivity contribution < 1.29 is 4.79 Å². The van der Waals surface area contributed by atoms with E-state index in [0.29, 0.717) is 11.7 Å². The fourth-order valence-electron chi connectivity index (χ4n) is 3.17. The molecule has 0 radical (unpaired) electrons. The Kier molecular flexibility index (Phi) is 6.48. The van der Waals surface area contributed by atoms with Gasteiger partial charge in [-0.2, -0.15) is 0 Å². The first-order valence-corrected chi connectivity index (χ1v) is 11.7. The molecule has 0 N–H and O–H groups in total. The molecular formula is C23H23N5OS2. The molecule has 0 spiro atoms. The zero-order valence-corrected chi connectivity index (χ0v) is 19.1. The smallest absolute Gasteiger partial charge is 0.233 e. The zero-order valence-electron chi connectivity index (χ0n) is 17.4. The molecule has 1 amide bonds. The van der Waals surface area contributed by atoms with Gasteiger partial charge in [0.15, 0.2) is 11.0 Å². The third kappa shape index (κ3) is 4.55. The van der Waals surface area contributed by atoms with Crippen molar-refractivity contribution in [3.8, 4) is 11.4 Å². The van der Waals surface area contributed by atoms with E-state index in [1.807, 2.05) is 73.1 Å². The molecule has 2 aromatic heterocycles. The molecule has 6 nitrogen and oxygen atoms in total. The lowest BCUT2D eigenvalue weighted by Gasteiger charge is -2.23. The Labute approximate surface area is 189 Å². The quantitative estimate of drug-likeness (QED) is 0.278. The van der Waals surface area contributed by atoms with Crippen LogP contribution in [0.1, 0.15) is 18.0 Å². The SMILES string of the molecule is C=CCn1c(SCC(=O)N(C)C(C)c2nc3ccccc3s2)nnc1-c1ccccc1. The molecule has 0 aliphatic heterocycles. The Bertz CT molecular complexity index is 1170. The maximum Gasteiger partial charge on any atom is 0.233 e. The van der Waals surface area contributed by atoms with Crippen LogP contribution in [0.15, 0.2) is 72.4 Å². The van der Waals surface area contributed by atoms with E-state index < -0.39 is 0 Å². The van der Waals surface area contributed by atoms with Gasteiger partial charge in [0.25, 0.3) is 0 Å². The normalized spacial score (nSPS) is 12.1. The second-order valence-corrected chi connectivity index (χ2v) is 9.07. The summed E-state index contributed by atoms with van der Waals surface area (Å²) in [4.78, 5) is 19.3. The molecule has 0 aliphatic carbocycles. The van der Waals surface area contributed by atoms with E-state index in [-0.39, 0.29) is 17.7 Å². The minimum Gasteiger partial charge on any atom is -0.336 e. The third-order valence-electron chi connectivity index (χ3n) is 5.03. The maximum atomic E-state index is 12.9. The highest BCUT2D eigenvalue weighted by Gasteiger charge is 2.22. The summed E-state index contributed by atoms with van der Waals surface area (Å²) < 4.78 is 3.11. The Morgan fingerprint density at radius 1 is 1.19 bits per heavy atom. The number of nitrogens with zero attached hydrogens (tertiary/aromatic N) is 5. The highest BCUT2D eigenvalue weighted by atomic mass is 32.2. The fraction of sp³-hybridized carbons (Fsp3) is 0.217. The van der Waals surface area contributed by atoms with Gasteiger partial charge in [0.2, 0.25) is 5.91 Å². The van der Waals surface area contributed by atoms with E-state index in [0.717, 1.165) is 26.6 Å². The van der Waals surface area contributed by atoms with E-state index in [9.17, 15) is 4.79 Å². The molecule has 0 saturated heterocycles. The van der Waals surface area contributed by atoms with Gasteiger partial charge in [-0.05, 0) is 19.1 Å². The first-order valence-electron chi connectivity index (χ1n) is 9.92. The van der Waals surface area contributed by atoms with Gasteiger partial charge in [-0.1, -0.05) is 60.3 Å². The van der Waals surface area contributed by atoms with Crippen LogP contribution in [-0.4, -0.2) is 43.4 Å². The number of carbonyl (C=O) groups is 1. The first kappa shape index (κ1) is 21.3. The zero-order chi connectivity index (χ0) is 21.8. The van der Waals surface area contributed by atoms with Crippen LogP contribution >= 0.6 is 23.1 Å². The van der Waals surface area contributed by atoms with Crippen LogP contribution in [-0.2, 0) is 11.3 Å². The van der Waals surface area contributed by atoms with Crippen molar-refractivity contribution in [2.75, 3.05) is 12.8 Å². The number of rotatable bonds is 8. The maximum absolute atomic E-state index is 12.9. The summed E-state index contributed by atoms with van der Waals surface area (Å²) in [5.74, 6) is 1.06. The van der Waals surface area contributed by atoms with Crippen LogP contribution in [0.25, 0.3) is 21.6 Å². The van der Waals surface area contributed by atoms with Gasteiger partial charge in [0.05, 0.1) is 22.0 Å². The van der Waals surface area contributed by atoms with Crippen molar-refractivity contribution in [2.45, 2.75) is 24.7 Å². The van der Waals surface area contributed by atoms with Crippen molar-refractivity contribution in [1.82, 2.24) is 24.6 Å². The number of thiazole rings is 1. The summed E-state index contributed by atoms with van der Waals surface area (Å²) in [6.45, 7) is 6.43. The predicted molar refractivity (Wildman–Crippen MR) is 127 cm³/mol. The summed E-state index contributed by atoms with van der Waals surface area (Å²) in [7, 11) is 1.82. The van der Waals surface area contributed by atoms with Gasteiger partial charge in [-0.3, -0.25) is 9.36 Å². The number of amides is 1. The standard InChI is InChI=1S/C23H23N5OS2/c1-4-14-28-21(17-10-6-5-7-11-17)25-26-23(28)30-15-20(29)27(3)16(2)22-24-18-12-8-9-13-19(18)31-22/h4-13,16H,1,14-15H2,2-3H3. The molecule has 0 fully saturated rings. The van der Waals surface area contributed by atoms with Crippen molar-refractivity contribution in [3.63, 3.8) is 0 Å². The van der Waals surface area contributed by atoms with E-state index in [1.165, 1.54) is 11.8 Å². The largest absolute Gasteiger partial charge is 0.336 e. The van der Waals surface area contributed by atoms with Crippen LogP contribution in [0.2, 0.25) is 0 Å². The number of thioether (sulfide) groups is 1. The third-order valence-corrected chi connectivity index (χ3v) is 7.19. The molecule has 4 aromatic rings. The Balaban J connectivity index is 1.46. The lowest BCUT2D eigenvalue weighted by atomic mass is 10.2. The van der Waals surface area contributed by atoms with Crippen molar-refractivity contribution in [2.24, 2.45) is 0 Å². The Hall–Kier alpha value is -2.97.